The molecule has 1 N–H and O–H groups in total. The minimum Gasteiger partial charge on any atom is -0.507 e. The first-order valence-electron chi connectivity index (χ1n) is 7.22. The third-order valence-corrected chi connectivity index (χ3v) is 4.94. The summed E-state index contributed by atoms with van der Waals surface area (Å²) in [5.74, 6) is -0.286. The Morgan fingerprint density at radius 3 is 2.70 bits per heavy atom. The van der Waals surface area contributed by atoms with E-state index < -0.39 is 4.92 Å². The van der Waals surface area contributed by atoms with Crippen molar-refractivity contribution in [1.82, 2.24) is 9.88 Å². The van der Waals surface area contributed by atoms with Crippen LogP contribution in [0.4, 0.5) is 5.69 Å². The first-order chi connectivity index (χ1) is 11.1. The average molecular weight is 333 g/mol. The zero-order valence-electron chi connectivity index (χ0n) is 12.2. The number of likely N-dealkylation sites (tertiary alicyclic amines) is 1. The molecule has 23 heavy (non-hydrogen) atoms. The van der Waals surface area contributed by atoms with Crippen LogP contribution in [0.25, 0.3) is 0 Å². The molecule has 7 nitrogen and oxygen atoms in total. The highest BCUT2D eigenvalue weighted by Crippen LogP contribution is 2.31. The topological polar surface area (TPSA) is 96.6 Å². The number of carbonyl (C=O) groups excluding carboxylic acids is 1. The fourth-order valence-electron chi connectivity index (χ4n) is 2.75. The van der Waals surface area contributed by atoms with Crippen molar-refractivity contribution in [3.8, 4) is 5.75 Å². The minimum atomic E-state index is -0.604. The Morgan fingerprint density at radius 1 is 1.39 bits per heavy atom. The van der Waals surface area contributed by atoms with Crippen LogP contribution in [0.1, 0.15) is 34.1 Å². The smallest absolute Gasteiger partial charge is 0.273 e. The summed E-state index contributed by atoms with van der Waals surface area (Å²) in [6.07, 6.45) is 3.44. The lowest BCUT2D eigenvalue weighted by Crippen LogP contribution is -2.37. The van der Waals surface area contributed by atoms with Crippen LogP contribution in [0.5, 0.6) is 5.75 Å². The maximum Gasteiger partial charge on any atom is 0.273 e. The van der Waals surface area contributed by atoms with E-state index in [1.54, 1.807) is 22.4 Å². The summed E-state index contributed by atoms with van der Waals surface area (Å²) in [6, 6.07) is 3.55. The number of nitro benzene ring substituents is 1. The van der Waals surface area contributed by atoms with Gasteiger partial charge in [0, 0.05) is 36.7 Å². The van der Waals surface area contributed by atoms with Gasteiger partial charge in [0.25, 0.3) is 11.6 Å². The molecular formula is C15H15N3O4S. The van der Waals surface area contributed by atoms with Crippen molar-refractivity contribution < 1.29 is 14.8 Å². The SMILES string of the molecule is O=C(c1ccc([N+](=O)[O-])cc1O)N1CCC(c2nccs2)CC1. The number of phenols is 1. The van der Waals surface area contributed by atoms with Crippen LogP contribution in [0.3, 0.4) is 0 Å². The predicted octanol–water partition coefficient (Wildman–Crippen LogP) is 2.78. The van der Waals surface area contributed by atoms with E-state index in [-0.39, 0.29) is 22.9 Å². The molecule has 3 rings (SSSR count). The molecule has 1 aliphatic heterocycles. The summed E-state index contributed by atoms with van der Waals surface area (Å²) in [6.45, 7) is 1.17. The van der Waals surface area contributed by atoms with E-state index in [2.05, 4.69) is 4.98 Å². The lowest BCUT2D eigenvalue weighted by Gasteiger charge is -2.31. The van der Waals surface area contributed by atoms with Crippen LogP contribution in [-0.2, 0) is 0 Å². The standard InChI is InChI=1S/C15H15N3O4S/c19-13-9-11(18(21)22)1-2-12(13)15(20)17-6-3-10(4-7-17)14-16-5-8-23-14/h1-2,5,8-10,19H,3-4,6-7H2. The summed E-state index contributed by atoms with van der Waals surface area (Å²) < 4.78 is 0. The van der Waals surface area contributed by atoms with Crippen LogP contribution < -0.4 is 0 Å². The summed E-state index contributed by atoms with van der Waals surface area (Å²) >= 11 is 1.62. The van der Waals surface area contributed by atoms with Gasteiger partial charge in [-0.2, -0.15) is 0 Å². The number of thiazole rings is 1. The Balaban J connectivity index is 1.69. The highest BCUT2D eigenvalue weighted by atomic mass is 32.1. The molecule has 2 heterocycles. The maximum atomic E-state index is 12.5. The van der Waals surface area contributed by atoms with Crippen LogP contribution in [-0.4, -0.2) is 38.9 Å². The number of hydrogen-bond donors (Lipinski definition) is 1. The van der Waals surface area contributed by atoms with E-state index in [1.807, 2.05) is 5.38 Å². The molecule has 8 heteroatoms. The molecule has 0 radical (unpaired) electrons. The summed E-state index contributed by atoms with van der Waals surface area (Å²) in [5.41, 5.74) is -0.134. The van der Waals surface area contributed by atoms with Gasteiger partial charge in [-0.1, -0.05) is 0 Å². The molecule has 1 aromatic carbocycles. The number of nitrogens with zero attached hydrogens (tertiary/aromatic N) is 3. The van der Waals surface area contributed by atoms with Gasteiger partial charge in [-0.05, 0) is 18.9 Å². The lowest BCUT2D eigenvalue weighted by molar-refractivity contribution is -0.384. The third kappa shape index (κ3) is 3.16. The summed E-state index contributed by atoms with van der Waals surface area (Å²) in [7, 11) is 0. The van der Waals surface area contributed by atoms with Crippen molar-refractivity contribution in [1.29, 1.82) is 0 Å². The Bertz CT molecular complexity index is 724. The van der Waals surface area contributed by atoms with Crippen LogP contribution in [0, 0.1) is 10.1 Å². The van der Waals surface area contributed by atoms with Gasteiger partial charge in [0.2, 0.25) is 0 Å². The number of piperidine rings is 1. The number of non-ortho nitro benzene ring substituents is 1. The van der Waals surface area contributed by atoms with Gasteiger partial charge < -0.3 is 10.0 Å². The van der Waals surface area contributed by atoms with Gasteiger partial charge in [-0.3, -0.25) is 14.9 Å². The highest BCUT2D eigenvalue weighted by Gasteiger charge is 2.27. The Hall–Kier alpha value is -2.48. The number of benzene rings is 1. The molecule has 1 saturated heterocycles. The van der Waals surface area contributed by atoms with Crippen molar-refractivity contribution in [3.05, 3.63) is 50.5 Å². The van der Waals surface area contributed by atoms with Crippen molar-refractivity contribution in [3.63, 3.8) is 0 Å². The second kappa shape index (κ2) is 6.33. The van der Waals surface area contributed by atoms with Gasteiger partial charge in [0.15, 0.2) is 0 Å². The van der Waals surface area contributed by atoms with Gasteiger partial charge in [-0.25, -0.2) is 4.98 Å². The van der Waals surface area contributed by atoms with Crippen molar-refractivity contribution in [2.75, 3.05) is 13.1 Å². The highest BCUT2D eigenvalue weighted by molar-refractivity contribution is 7.09. The first kappa shape index (κ1) is 15.4. The monoisotopic (exact) mass is 333 g/mol. The molecule has 1 aliphatic rings. The normalized spacial score (nSPS) is 15.6. The van der Waals surface area contributed by atoms with Crippen molar-refractivity contribution in [2.24, 2.45) is 0 Å². The van der Waals surface area contributed by atoms with Crippen LogP contribution in [0.15, 0.2) is 29.8 Å². The van der Waals surface area contributed by atoms with E-state index in [9.17, 15) is 20.0 Å². The molecule has 2 aromatic rings. The lowest BCUT2D eigenvalue weighted by atomic mass is 9.97. The summed E-state index contributed by atoms with van der Waals surface area (Å²) in [5, 5.41) is 23.6. The predicted molar refractivity (Wildman–Crippen MR) is 84.8 cm³/mol. The minimum absolute atomic E-state index is 0.100. The number of aromatic hydroxyl groups is 1. The van der Waals surface area contributed by atoms with Crippen molar-refractivity contribution in [2.45, 2.75) is 18.8 Å². The van der Waals surface area contributed by atoms with Gasteiger partial charge in [0.05, 0.1) is 21.6 Å². The molecule has 0 saturated carbocycles. The molecular weight excluding hydrogens is 318 g/mol. The number of hydrogen-bond acceptors (Lipinski definition) is 6. The Labute approximate surface area is 136 Å². The van der Waals surface area contributed by atoms with E-state index in [0.29, 0.717) is 19.0 Å². The second-order valence-electron chi connectivity index (χ2n) is 5.40. The number of aromatic nitrogens is 1. The van der Waals surface area contributed by atoms with Gasteiger partial charge >= 0.3 is 0 Å². The maximum absolute atomic E-state index is 12.5. The number of amides is 1. The fraction of sp³-hybridized carbons (Fsp3) is 0.333. The van der Waals surface area contributed by atoms with E-state index >= 15 is 0 Å². The Kier molecular flexibility index (Phi) is 4.24. The molecule has 0 atom stereocenters. The first-order valence-corrected chi connectivity index (χ1v) is 8.10. The molecule has 0 unspecified atom stereocenters. The molecule has 0 aliphatic carbocycles. The molecule has 1 aromatic heterocycles. The molecule has 1 fully saturated rings. The zero-order chi connectivity index (χ0) is 16.4. The summed E-state index contributed by atoms with van der Waals surface area (Å²) in [4.78, 5) is 28.5. The number of rotatable bonds is 3. The molecule has 120 valence electrons. The van der Waals surface area contributed by atoms with E-state index in [1.165, 1.54) is 12.1 Å². The van der Waals surface area contributed by atoms with Crippen LogP contribution >= 0.6 is 11.3 Å². The van der Waals surface area contributed by atoms with Crippen LogP contribution in [0.2, 0.25) is 0 Å². The van der Waals surface area contributed by atoms with E-state index in [0.717, 1.165) is 23.9 Å². The third-order valence-electron chi connectivity index (χ3n) is 4.01. The Morgan fingerprint density at radius 2 is 2.13 bits per heavy atom. The fourth-order valence-corrected chi connectivity index (χ4v) is 3.56. The van der Waals surface area contributed by atoms with Crippen molar-refractivity contribution >= 4 is 22.9 Å². The molecule has 0 spiro atoms. The quantitative estimate of drug-likeness (QED) is 0.688. The second-order valence-corrected chi connectivity index (χ2v) is 6.32. The van der Waals surface area contributed by atoms with E-state index in [4.69, 9.17) is 0 Å². The van der Waals surface area contributed by atoms with Gasteiger partial charge in [-0.15, -0.1) is 11.3 Å². The van der Waals surface area contributed by atoms with Gasteiger partial charge in [0.1, 0.15) is 5.75 Å². The number of carbonyl (C=O) groups is 1. The molecule has 1 amide bonds. The molecule has 0 bridgehead atoms. The average Bonchev–Trinajstić information content (AvgIpc) is 3.08. The number of nitro groups is 1. The zero-order valence-corrected chi connectivity index (χ0v) is 13.0. The number of phenolic OH excluding ortho intramolecular Hbond substituents is 1. The largest absolute Gasteiger partial charge is 0.507 e.